The Balaban J connectivity index is 0.00000192. The molecule has 124 valence electrons. The molecule has 23 heavy (non-hydrogen) atoms. The number of hydrogen-bond donors (Lipinski definition) is 2. The summed E-state index contributed by atoms with van der Waals surface area (Å²) in [6.07, 6.45) is 4.64. The third kappa shape index (κ3) is 3.89. The van der Waals surface area contributed by atoms with Gasteiger partial charge in [0.2, 0.25) is 17.6 Å². The number of aromatic nitrogens is 2. The van der Waals surface area contributed by atoms with Crippen molar-refractivity contribution in [3.05, 3.63) is 30.2 Å². The molecule has 3 rings (SSSR count). The van der Waals surface area contributed by atoms with E-state index in [1.807, 2.05) is 24.3 Å². The van der Waals surface area contributed by atoms with Crippen molar-refractivity contribution in [1.82, 2.24) is 10.1 Å². The van der Waals surface area contributed by atoms with Crippen LogP contribution < -0.4 is 11.1 Å². The maximum atomic E-state index is 12.5. The molecule has 7 heteroatoms. The van der Waals surface area contributed by atoms with E-state index in [-0.39, 0.29) is 18.3 Å². The third-order valence-corrected chi connectivity index (χ3v) is 4.10. The fourth-order valence-corrected chi connectivity index (χ4v) is 2.82. The Hall–Kier alpha value is -1.92. The summed E-state index contributed by atoms with van der Waals surface area (Å²) in [6, 6.07) is 7.38. The number of hydrogen-bond acceptors (Lipinski definition) is 5. The van der Waals surface area contributed by atoms with Crippen molar-refractivity contribution in [2.75, 3.05) is 5.32 Å². The molecule has 0 unspecified atom stereocenters. The van der Waals surface area contributed by atoms with Crippen molar-refractivity contribution in [3.8, 4) is 11.4 Å². The highest BCUT2D eigenvalue weighted by Gasteiger charge is 2.35. The third-order valence-electron chi connectivity index (χ3n) is 4.10. The number of nitrogens with zero attached hydrogens (tertiary/aromatic N) is 2. The summed E-state index contributed by atoms with van der Waals surface area (Å²) in [5.41, 5.74) is 6.99. The first-order valence-electron chi connectivity index (χ1n) is 7.58. The van der Waals surface area contributed by atoms with E-state index in [1.165, 1.54) is 0 Å². The standard InChI is InChI=1S/C16H20N4O2.ClH/c1-11-18-14(20-22-11)12-6-5-7-13(10-12)19-15(21)16(17)8-3-2-4-9-16;/h5-7,10H,2-4,8-9,17H2,1H3,(H,19,21);1H. The molecule has 1 aliphatic rings. The SMILES string of the molecule is Cc1nc(-c2cccc(NC(=O)C3(N)CCCCC3)c2)no1.Cl. The van der Waals surface area contributed by atoms with Crippen molar-refractivity contribution in [2.45, 2.75) is 44.6 Å². The van der Waals surface area contributed by atoms with Crippen LogP contribution >= 0.6 is 12.4 Å². The zero-order valence-electron chi connectivity index (χ0n) is 13.0. The highest BCUT2D eigenvalue weighted by atomic mass is 35.5. The van der Waals surface area contributed by atoms with Crippen LogP contribution in [-0.4, -0.2) is 21.6 Å². The van der Waals surface area contributed by atoms with Gasteiger partial charge in [0.15, 0.2) is 0 Å². The molecule has 0 radical (unpaired) electrons. The van der Waals surface area contributed by atoms with Crippen molar-refractivity contribution >= 4 is 24.0 Å². The number of nitrogens with one attached hydrogen (secondary N) is 1. The van der Waals surface area contributed by atoms with E-state index in [2.05, 4.69) is 15.5 Å². The predicted molar refractivity (Wildman–Crippen MR) is 90.4 cm³/mol. The Kier molecular flexibility index (Phi) is 5.38. The molecule has 0 atom stereocenters. The second kappa shape index (κ2) is 7.10. The molecule has 1 fully saturated rings. The van der Waals surface area contributed by atoms with Crippen LogP contribution in [0.4, 0.5) is 5.69 Å². The number of nitrogens with two attached hydrogens (primary N) is 1. The van der Waals surface area contributed by atoms with E-state index in [4.69, 9.17) is 10.3 Å². The van der Waals surface area contributed by atoms with E-state index in [0.717, 1.165) is 37.7 Å². The van der Waals surface area contributed by atoms with Gasteiger partial charge in [-0.2, -0.15) is 4.98 Å². The molecule has 0 saturated heterocycles. The van der Waals surface area contributed by atoms with Gasteiger partial charge in [0.1, 0.15) is 0 Å². The van der Waals surface area contributed by atoms with Crippen molar-refractivity contribution in [3.63, 3.8) is 0 Å². The molecule has 1 aromatic carbocycles. The fourth-order valence-electron chi connectivity index (χ4n) is 2.82. The molecule has 3 N–H and O–H groups in total. The molecular weight excluding hydrogens is 316 g/mol. The quantitative estimate of drug-likeness (QED) is 0.898. The fraction of sp³-hybridized carbons (Fsp3) is 0.438. The minimum atomic E-state index is -0.753. The second-order valence-electron chi connectivity index (χ2n) is 5.89. The average Bonchev–Trinajstić information content (AvgIpc) is 2.95. The summed E-state index contributed by atoms with van der Waals surface area (Å²) in [5, 5.41) is 6.81. The van der Waals surface area contributed by atoms with Gasteiger partial charge in [0.25, 0.3) is 0 Å². The Morgan fingerprint density at radius 1 is 1.30 bits per heavy atom. The maximum absolute atomic E-state index is 12.5. The molecular formula is C16H21ClN4O2. The van der Waals surface area contributed by atoms with Crippen LogP contribution in [0.5, 0.6) is 0 Å². The lowest BCUT2D eigenvalue weighted by Crippen LogP contribution is -2.52. The van der Waals surface area contributed by atoms with E-state index in [0.29, 0.717) is 17.4 Å². The molecule has 1 heterocycles. The largest absolute Gasteiger partial charge is 0.339 e. The topological polar surface area (TPSA) is 94.0 Å². The summed E-state index contributed by atoms with van der Waals surface area (Å²) in [4.78, 5) is 16.6. The average molecular weight is 337 g/mol. The van der Waals surface area contributed by atoms with Crippen LogP contribution in [0.3, 0.4) is 0 Å². The minimum Gasteiger partial charge on any atom is -0.339 e. The van der Waals surface area contributed by atoms with Gasteiger partial charge >= 0.3 is 0 Å². The summed E-state index contributed by atoms with van der Waals surface area (Å²) < 4.78 is 4.98. The predicted octanol–water partition coefficient (Wildman–Crippen LogP) is 3.07. The van der Waals surface area contributed by atoms with E-state index >= 15 is 0 Å². The van der Waals surface area contributed by atoms with Gasteiger partial charge in [0.05, 0.1) is 5.54 Å². The second-order valence-corrected chi connectivity index (χ2v) is 5.89. The molecule has 1 amide bonds. The van der Waals surface area contributed by atoms with Gasteiger partial charge in [-0.25, -0.2) is 0 Å². The molecule has 6 nitrogen and oxygen atoms in total. The van der Waals surface area contributed by atoms with E-state index in [9.17, 15) is 4.79 Å². The molecule has 1 aliphatic carbocycles. The Labute approximate surface area is 141 Å². The highest BCUT2D eigenvalue weighted by Crippen LogP contribution is 2.28. The summed E-state index contributed by atoms with van der Waals surface area (Å²) in [7, 11) is 0. The Morgan fingerprint density at radius 3 is 2.70 bits per heavy atom. The number of aryl methyl sites for hydroxylation is 1. The lowest BCUT2D eigenvalue weighted by atomic mass is 9.82. The number of amides is 1. The normalized spacial score (nSPS) is 16.4. The number of anilines is 1. The first kappa shape index (κ1) is 17.4. The van der Waals surface area contributed by atoms with Gasteiger partial charge < -0.3 is 15.6 Å². The summed E-state index contributed by atoms with van der Waals surface area (Å²) in [5.74, 6) is 0.898. The smallest absolute Gasteiger partial charge is 0.244 e. The number of halogens is 1. The molecule has 2 aromatic rings. The minimum absolute atomic E-state index is 0. The number of benzene rings is 1. The Morgan fingerprint density at radius 2 is 2.04 bits per heavy atom. The lowest BCUT2D eigenvalue weighted by molar-refractivity contribution is -0.122. The molecule has 0 bridgehead atoms. The van der Waals surface area contributed by atoms with Crippen LogP contribution in [0.2, 0.25) is 0 Å². The van der Waals surface area contributed by atoms with Crippen molar-refractivity contribution in [2.24, 2.45) is 5.73 Å². The van der Waals surface area contributed by atoms with E-state index < -0.39 is 5.54 Å². The number of carbonyl (C=O) groups is 1. The van der Waals surface area contributed by atoms with Gasteiger partial charge in [-0.1, -0.05) is 36.6 Å². The monoisotopic (exact) mass is 336 g/mol. The van der Waals surface area contributed by atoms with Crippen LogP contribution in [-0.2, 0) is 4.79 Å². The van der Waals surface area contributed by atoms with Crippen LogP contribution in [0.25, 0.3) is 11.4 Å². The van der Waals surface area contributed by atoms with Gasteiger partial charge in [-0.3, -0.25) is 4.79 Å². The van der Waals surface area contributed by atoms with Crippen LogP contribution in [0.15, 0.2) is 28.8 Å². The summed E-state index contributed by atoms with van der Waals surface area (Å²) >= 11 is 0. The van der Waals surface area contributed by atoms with Gasteiger partial charge in [-0.05, 0) is 25.0 Å². The molecule has 1 saturated carbocycles. The first-order valence-corrected chi connectivity index (χ1v) is 7.58. The molecule has 0 aliphatic heterocycles. The van der Waals surface area contributed by atoms with Crippen LogP contribution in [0, 0.1) is 6.92 Å². The van der Waals surface area contributed by atoms with Crippen molar-refractivity contribution in [1.29, 1.82) is 0 Å². The zero-order chi connectivity index (χ0) is 15.6. The zero-order valence-corrected chi connectivity index (χ0v) is 13.9. The summed E-state index contributed by atoms with van der Waals surface area (Å²) in [6.45, 7) is 1.74. The number of carbonyl (C=O) groups excluding carboxylic acids is 1. The first-order chi connectivity index (χ1) is 10.6. The van der Waals surface area contributed by atoms with Gasteiger partial charge in [0, 0.05) is 18.2 Å². The Bertz CT molecular complexity index is 680. The maximum Gasteiger partial charge on any atom is 0.244 e. The van der Waals surface area contributed by atoms with E-state index in [1.54, 1.807) is 6.92 Å². The molecule has 0 spiro atoms. The van der Waals surface area contributed by atoms with Crippen molar-refractivity contribution < 1.29 is 9.32 Å². The highest BCUT2D eigenvalue weighted by molar-refractivity contribution is 5.98. The van der Waals surface area contributed by atoms with Gasteiger partial charge in [-0.15, -0.1) is 12.4 Å². The molecule has 1 aromatic heterocycles. The lowest BCUT2D eigenvalue weighted by Gasteiger charge is -2.31. The number of rotatable bonds is 3. The van der Waals surface area contributed by atoms with Crippen LogP contribution in [0.1, 0.15) is 38.0 Å².